The van der Waals surface area contributed by atoms with Gasteiger partial charge in [-0.1, -0.05) is 44.2 Å². The summed E-state index contributed by atoms with van der Waals surface area (Å²) < 4.78 is 0. The van der Waals surface area contributed by atoms with Crippen LogP contribution in [0, 0.1) is 11.3 Å². The van der Waals surface area contributed by atoms with Crippen LogP contribution in [-0.2, 0) is 0 Å². The number of aromatic nitrogens is 2. The molecule has 3 N–H and O–H groups in total. The first-order valence-corrected chi connectivity index (χ1v) is 6.45. The van der Waals surface area contributed by atoms with Crippen molar-refractivity contribution >= 4 is 0 Å². The molecule has 2 atom stereocenters. The van der Waals surface area contributed by atoms with Gasteiger partial charge in [0.15, 0.2) is 0 Å². The van der Waals surface area contributed by atoms with Gasteiger partial charge in [-0.2, -0.15) is 5.10 Å². The van der Waals surface area contributed by atoms with Gasteiger partial charge in [0.25, 0.3) is 0 Å². The normalized spacial score (nSPS) is 25.1. The molecule has 1 fully saturated rings. The highest BCUT2D eigenvalue weighted by Crippen LogP contribution is 2.64. The molecule has 2 aromatic rings. The zero-order chi connectivity index (χ0) is 12.8. The molecule has 0 unspecified atom stereocenters. The van der Waals surface area contributed by atoms with E-state index >= 15 is 0 Å². The predicted octanol–water partition coefficient (Wildman–Crippen LogP) is 2.78. The second kappa shape index (κ2) is 3.95. The highest BCUT2D eigenvalue weighted by molar-refractivity contribution is 5.64. The Morgan fingerprint density at radius 2 is 2.00 bits per heavy atom. The molecule has 1 aromatic heterocycles. The van der Waals surface area contributed by atoms with Gasteiger partial charge in [0.2, 0.25) is 0 Å². The van der Waals surface area contributed by atoms with Gasteiger partial charge < -0.3 is 5.73 Å². The lowest BCUT2D eigenvalue weighted by Crippen LogP contribution is -2.05. The maximum Gasteiger partial charge on any atom is 0.0685 e. The topological polar surface area (TPSA) is 54.7 Å². The number of nitrogens with two attached hydrogens (primary N) is 1. The van der Waals surface area contributed by atoms with Gasteiger partial charge in [-0.3, -0.25) is 5.10 Å². The lowest BCUT2D eigenvalue weighted by atomic mass is 10.0. The van der Waals surface area contributed by atoms with E-state index in [2.05, 4.69) is 48.3 Å². The third kappa shape index (κ3) is 1.58. The van der Waals surface area contributed by atoms with E-state index in [0.29, 0.717) is 17.3 Å². The molecule has 94 valence electrons. The maximum absolute atomic E-state index is 5.86. The van der Waals surface area contributed by atoms with Crippen LogP contribution in [0.3, 0.4) is 0 Å². The fourth-order valence-corrected chi connectivity index (χ4v) is 3.17. The molecule has 3 rings (SSSR count). The van der Waals surface area contributed by atoms with Gasteiger partial charge in [0, 0.05) is 5.56 Å². The molecule has 0 bridgehead atoms. The van der Waals surface area contributed by atoms with Crippen molar-refractivity contribution < 1.29 is 0 Å². The first-order chi connectivity index (χ1) is 8.66. The predicted molar refractivity (Wildman–Crippen MR) is 73.1 cm³/mol. The second-order valence-electron chi connectivity index (χ2n) is 5.71. The van der Waals surface area contributed by atoms with Gasteiger partial charge in [-0.15, -0.1) is 0 Å². The number of hydrogen-bond donors (Lipinski definition) is 2. The Morgan fingerprint density at radius 3 is 2.61 bits per heavy atom. The van der Waals surface area contributed by atoms with Crippen LogP contribution in [-0.4, -0.2) is 16.7 Å². The van der Waals surface area contributed by atoms with Crippen LogP contribution >= 0.6 is 0 Å². The molecule has 1 heterocycles. The molecule has 3 nitrogen and oxygen atoms in total. The first-order valence-electron chi connectivity index (χ1n) is 6.45. The molecule has 0 radical (unpaired) electrons. The second-order valence-corrected chi connectivity index (χ2v) is 5.71. The van der Waals surface area contributed by atoms with Crippen molar-refractivity contribution in [1.82, 2.24) is 10.2 Å². The van der Waals surface area contributed by atoms with Crippen LogP contribution in [0.2, 0.25) is 0 Å². The van der Waals surface area contributed by atoms with E-state index in [1.54, 1.807) is 0 Å². The molecule has 0 amide bonds. The van der Waals surface area contributed by atoms with Gasteiger partial charge >= 0.3 is 0 Å². The summed E-state index contributed by atoms with van der Waals surface area (Å²) in [5, 5.41) is 7.36. The van der Waals surface area contributed by atoms with Gasteiger partial charge in [0.1, 0.15) is 0 Å². The Labute approximate surface area is 107 Å². The molecule has 0 aliphatic heterocycles. The minimum absolute atomic E-state index is 0.294. The molecule has 3 heteroatoms. The van der Waals surface area contributed by atoms with Crippen molar-refractivity contribution in [2.45, 2.75) is 19.8 Å². The highest BCUT2D eigenvalue weighted by Gasteiger charge is 2.58. The number of aromatic amines is 1. The maximum atomic E-state index is 5.86. The Hall–Kier alpha value is -1.61. The van der Waals surface area contributed by atoms with Gasteiger partial charge in [-0.05, 0) is 29.4 Å². The zero-order valence-electron chi connectivity index (χ0n) is 10.9. The van der Waals surface area contributed by atoms with E-state index in [1.165, 1.54) is 11.1 Å². The fraction of sp³-hybridized carbons (Fsp3) is 0.400. The molecule has 1 saturated carbocycles. The number of nitrogens with zero attached hydrogens (tertiary/aromatic N) is 1. The van der Waals surface area contributed by atoms with Gasteiger partial charge in [-0.25, -0.2) is 0 Å². The SMILES string of the molecule is CC1(C)[C@H](CN)[C@H]1c1cn[nH]c1-c1ccccc1. The first kappa shape index (κ1) is 11.5. The monoisotopic (exact) mass is 241 g/mol. The Morgan fingerprint density at radius 1 is 1.28 bits per heavy atom. The summed E-state index contributed by atoms with van der Waals surface area (Å²) in [6.45, 7) is 5.32. The Bertz CT molecular complexity index is 542. The number of hydrogen-bond acceptors (Lipinski definition) is 2. The summed E-state index contributed by atoms with van der Waals surface area (Å²) in [6, 6.07) is 10.4. The summed E-state index contributed by atoms with van der Waals surface area (Å²) in [4.78, 5) is 0. The van der Waals surface area contributed by atoms with Crippen LogP contribution in [0.15, 0.2) is 36.5 Å². The summed E-state index contributed by atoms with van der Waals surface area (Å²) in [6.07, 6.45) is 1.96. The van der Waals surface area contributed by atoms with Crippen molar-refractivity contribution in [2.24, 2.45) is 17.1 Å². The van der Waals surface area contributed by atoms with Crippen LogP contribution in [0.25, 0.3) is 11.3 Å². The Balaban J connectivity index is 1.99. The summed E-state index contributed by atoms with van der Waals surface area (Å²) in [5.74, 6) is 1.09. The molecule has 1 aliphatic carbocycles. The van der Waals surface area contributed by atoms with Crippen LogP contribution in [0.5, 0.6) is 0 Å². The van der Waals surface area contributed by atoms with Crippen molar-refractivity contribution in [3.05, 3.63) is 42.1 Å². The minimum Gasteiger partial charge on any atom is -0.330 e. The van der Waals surface area contributed by atoms with Crippen molar-refractivity contribution in [2.75, 3.05) is 6.54 Å². The summed E-state index contributed by atoms with van der Waals surface area (Å²) >= 11 is 0. The van der Waals surface area contributed by atoms with Crippen LogP contribution in [0.1, 0.15) is 25.3 Å². The van der Waals surface area contributed by atoms with E-state index in [0.717, 1.165) is 12.2 Å². The molecule has 1 aliphatic rings. The highest BCUT2D eigenvalue weighted by atomic mass is 15.1. The largest absolute Gasteiger partial charge is 0.330 e. The molecule has 18 heavy (non-hydrogen) atoms. The van der Waals surface area contributed by atoms with Crippen molar-refractivity contribution in [1.29, 1.82) is 0 Å². The molecule has 1 aromatic carbocycles. The lowest BCUT2D eigenvalue weighted by molar-refractivity contribution is 0.559. The van der Waals surface area contributed by atoms with E-state index < -0.39 is 0 Å². The molecular formula is C15H19N3. The molecular weight excluding hydrogens is 222 g/mol. The smallest absolute Gasteiger partial charge is 0.0685 e. The fourth-order valence-electron chi connectivity index (χ4n) is 3.17. The minimum atomic E-state index is 0.294. The number of rotatable bonds is 3. The third-order valence-electron chi connectivity index (χ3n) is 4.37. The number of nitrogens with one attached hydrogen (secondary N) is 1. The van der Waals surface area contributed by atoms with Crippen molar-refractivity contribution in [3.63, 3.8) is 0 Å². The third-order valence-corrected chi connectivity index (χ3v) is 4.37. The number of H-pyrrole nitrogens is 1. The van der Waals surface area contributed by atoms with Crippen LogP contribution < -0.4 is 5.73 Å². The lowest BCUT2D eigenvalue weighted by Gasteiger charge is -2.04. The quantitative estimate of drug-likeness (QED) is 0.868. The van der Waals surface area contributed by atoms with E-state index in [9.17, 15) is 0 Å². The average Bonchev–Trinajstić information content (AvgIpc) is 2.76. The standard InChI is InChI=1S/C15H19N3/c1-15(2)12(8-16)13(15)11-9-17-18-14(11)10-6-4-3-5-7-10/h3-7,9,12-13H,8,16H2,1-2H3,(H,17,18)/t12-,13-/m1/s1. The number of benzene rings is 1. The van der Waals surface area contributed by atoms with E-state index in [-0.39, 0.29) is 0 Å². The molecule has 0 spiro atoms. The summed E-state index contributed by atoms with van der Waals surface area (Å²) in [7, 11) is 0. The van der Waals surface area contributed by atoms with E-state index in [1.807, 2.05) is 12.3 Å². The Kier molecular flexibility index (Phi) is 2.52. The summed E-state index contributed by atoms with van der Waals surface area (Å²) in [5.41, 5.74) is 9.81. The van der Waals surface area contributed by atoms with E-state index in [4.69, 9.17) is 5.73 Å². The zero-order valence-corrected chi connectivity index (χ0v) is 10.9. The van der Waals surface area contributed by atoms with Gasteiger partial charge in [0.05, 0.1) is 11.9 Å². The average molecular weight is 241 g/mol. The van der Waals surface area contributed by atoms with Crippen LogP contribution in [0.4, 0.5) is 0 Å². The van der Waals surface area contributed by atoms with Crippen molar-refractivity contribution in [3.8, 4) is 11.3 Å². The molecule has 0 saturated heterocycles.